The molecule has 0 aromatic heterocycles. The lowest BCUT2D eigenvalue weighted by Crippen LogP contribution is -2.27. The van der Waals surface area contributed by atoms with Crippen molar-refractivity contribution in [3.63, 3.8) is 0 Å². The molecule has 2 rings (SSSR count). The molecule has 0 heterocycles. The lowest BCUT2D eigenvalue weighted by atomic mass is 9.78. The van der Waals surface area contributed by atoms with Gasteiger partial charge >= 0.3 is 0 Å². The van der Waals surface area contributed by atoms with E-state index in [1.165, 1.54) is 11.1 Å². The molecule has 0 bridgehead atoms. The van der Waals surface area contributed by atoms with Gasteiger partial charge in [-0.25, -0.2) is 0 Å². The molecule has 3 nitrogen and oxygen atoms in total. The molecule has 202 valence electrons. The SMILES string of the molecule is CCCCN(Cc1cc(C(C)(C)C)cc(C(C)(C)C)c1O)c1cc(C(C)(C)C)cc(C(C)(C)C)c1O. The number of aromatic hydroxyl groups is 2. The molecule has 36 heavy (non-hydrogen) atoms. The van der Waals surface area contributed by atoms with Gasteiger partial charge in [-0.15, -0.1) is 0 Å². The fourth-order valence-electron chi connectivity index (χ4n) is 4.52. The van der Waals surface area contributed by atoms with E-state index in [9.17, 15) is 10.2 Å². The number of rotatable bonds is 6. The quantitative estimate of drug-likeness (QED) is 0.420. The Kier molecular flexibility index (Phi) is 8.61. The maximum absolute atomic E-state index is 11.6. The van der Waals surface area contributed by atoms with Gasteiger partial charge < -0.3 is 15.1 Å². The first kappa shape index (κ1) is 30.1. The number of phenols is 2. The standard InChI is InChI=1S/C33H53NO2/c1-14-15-16-34(27-20-24(31(5,6)7)19-26(29(27)36)33(11,12)13)21-22-17-23(30(2,3)4)18-25(28(22)35)32(8,9)10/h17-20,35-36H,14-16,21H2,1-13H3. The van der Waals surface area contributed by atoms with Gasteiger partial charge in [0.1, 0.15) is 11.5 Å². The van der Waals surface area contributed by atoms with Gasteiger partial charge in [-0.1, -0.05) is 109 Å². The summed E-state index contributed by atoms with van der Waals surface area (Å²) in [6.45, 7) is 29.8. The minimum Gasteiger partial charge on any atom is -0.507 e. The van der Waals surface area contributed by atoms with Crippen molar-refractivity contribution < 1.29 is 10.2 Å². The Morgan fingerprint density at radius 3 is 1.47 bits per heavy atom. The van der Waals surface area contributed by atoms with Gasteiger partial charge in [-0.05, 0) is 56.9 Å². The molecule has 0 fully saturated rings. The molecule has 0 unspecified atom stereocenters. The van der Waals surface area contributed by atoms with Crippen LogP contribution >= 0.6 is 0 Å². The molecule has 0 aliphatic carbocycles. The van der Waals surface area contributed by atoms with Crippen LogP contribution in [-0.4, -0.2) is 16.8 Å². The van der Waals surface area contributed by atoms with Gasteiger partial charge in [0.05, 0.1) is 5.69 Å². The maximum Gasteiger partial charge on any atom is 0.142 e. The lowest BCUT2D eigenvalue weighted by Gasteiger charge is -2.33. The summed E-state index contributed by atoms with van der Waals surface area (Å²) >= 11 is 0. The molecule has 0 aliphatic heterocycles. The van der Waals surface area contributed by atoms with Crippen LogP contribution in [-0.2, 0) is 28.2 Å². The monoisotopic (exact) mass is 495 g/mol. The summed E-state index contributed by atoms with van der Waals surface area (Å²) in [7, 11) is 0. The summed E-state index contributed by atoms with van der Waals surface area (Å²) in [5.74, 6) is 0.730. The molecule has 2 aromatic rings. The normalized spacial score (nSPS) is 13.2. The van der Waals surface area contributed by atoms with Gasteiger partial charge in [0.25, 0.3) is 0 Å². The summed E-state index contributed by atoms with van der Waals surface area (Å²) in [6.07, 6.45) is 2.07. The minimum absolute atomic E-state index is 0.0373. The van der Waals surface area contributed by atoms with Gasteiger partial charge in [0.2, 0.25) is 0 Å². The van der Waals surface area contributed by atoms with Crippen LogP contribution in [0.15, 0.2) is 24.3 Å². The van der Waals surface area contributed by atoms with Crippen molar-refractivity contribution in [2.45, 2.75) is 131 Å². The third kappa shape index (κ3) is 6.99. The predicted molar refractivity (Wildman–Crippen MR) is 157 cm³/mol. The molecule has 0 saturated heterocycles. The van der Waals surface area contributed by atoms with Gasteiger partial charge in [-0.3, -0.25) is 0 Å². The Balaban J connectivity index is 2.80. The van der Waals surface area contributed by atoms with Gasteiger partial charge in [-0.2, -0.15) is 0 Å². The van der Waals surface area contributed by atoms with E-state index in [1.54, 1.807) is 0 Å². The second kappa shape index (κ2) is 10.3. The predicted octanol–water partition coefficient (Wildman–Crippen LogP) is 9.09. The highest BCUT2D eigenvalue weighted by Gasteiger charge is 2.29. The van der Waals surface area contributed by atoms with Crippen LogP contribution in [0.25, 0.3) is 0 Å². The first-order valence-corrected chi connectivity index (χ1v) is 13.7. The van der Waals surface area contributed by atoms with E-state index in [2.05, 4.69) is 119 Å². The van der Waals surface area contributed by atoms with Crippen LogP contribution in [0.5, 0.6) is 11.5 Å². The van der Waals surface area contributed by atoms with E-state index in [-0.39, 0.29) is 21.7 Å². The molecular formula is C33H53NO2. The Bertz CT molecular complexity index is 1050. The fourth-order valence-corrected chi connectivity index (χ4v) is 4.52. The minimum atomic E-state index is -0.190. The molecule has 3 heteroatoms. The van der Waals surface area contributed by atoms with Crippen LogP contribution < -0.4 is 4.90 Å². The van der Waals surface area contributed by atoms with Crippen LogP contribution in [0.4, 0.5) is 5.69 Å². The average molecular weight is 496 g/mol. The Labute approximate surface area is 222 Å². The lowest BCUT2D eigenvalue weighted by molar-refractivity contribution is 0.433. The largest absolute Gasteiger partial charge is 0.507 e. The molecule has 0 spiro atoms. The van der Waals surface area contributed by atoms with Crippen LogP contribution in [0.1, 0.15) is 131 Å². The Morgan fingerprint density at radius 2 is 1.06 bits per heavy atom. The number of benzene rings is 2. The van der Waals surface area contributed by atoms with Crippen molar-refractivity contribution in [2.24, 2.45) is 0 Å². The maximum atomic E-state index is 11.6. The fraction of sp³-hybridized carbons (Fsp3) is 0.636. The first-order chi connectivity index (χ1) is 16.2. The molecule has 2 N–H and O–H groups in total. The molecule has 2 aromatic carbocycles. The van der Waals surface area contributed by atoms with Crippen LogP contribution in [0.2, 0.25) is 0 Å². The first-order valence-electron chi connectivity index (χ1n) is 13.7. The van der Waals surface area contributed by atoms with Crippen molar-refractivity contribution >= 4 is 5.69 Å². The summed E-state index contributed by atoms with van der Waals surface area (Å²) < 4.78 is 0. The second-order valence-corrected chi connectivity index (χ2v) is 14.7. The number of hydrogen-bond acceptors (Lipinski definition) is 3. The number of hydrogen-bond donors (Lipinski definition) is 2. The third-order valence-electron chi connectivity index (χ3n) is 7.11. The second-order valence-electron chi connectivity index (χ2n) is 14.7. The van der Waals surface area contributed by atoms with E-state index >= 15 is 0 Å². The summed E-state index contributed by atoms with van der Waals surface area (Å²) in [5, 5.41) is 23.1. The topological polar surface area (TPSA) is 43.7 Å². The van der Waals surface area contributed by atoms with Crippen molar-refractivity contribution in [1.29, 1.82) is 0 Å². The van der Waals surface area contributed by atoms with Crippen molar-refractivity contribution in [2.75, 3.05) is 11.4 Å². The molecule has 0 amide bonds. The smallest absolute Gasteiger partial charge is 0.142 e. The number of unbranched alkanes of at least 4 members (excludes halogenated alkanes) is 1. The van der Waals surface area contributed by atoms with Gasteiger partial charge in [0, 0.05) is 24.2 Å². The highest BCUT2D eigenvalue weighted by atomic mass is 16.3. The molecular weight excluding hydrogens is 442 g/mol. The summed E-state index contributed by atoms with van der Waals surface area (Å²) in [6, 6.07) is 8.67. The van der Waals surface area contributed by atoms with Crippen molar-refractivity contribution in [3.05, 3.63) is 52.1 Å². The Morgan fingerprint density at radius 1 is 0.611 bits per heavy atom. The average Bonchev–Trinajstić information content (AvgIpc) is 2.69. The zero-order valence-corrected chi connectivity index (χ0v) is 25.5. The number of nitrogens with zero attached hydrogens (tertiary/aromatic N) is 1. The van der Waals surface area contributed by atoms with E-state index in [4.69, 9.17) is 0 Å². The molecule has 0 aliphatic rings. The number of anilines is 1. The van der Waals surface area contributed by atoms with E-state index in [0.717, 1.165) is 41.8 Å². The van der Waals surface area contributed by atoms with E-state index in [1.807, 2.05) is 0 Å². The highest BCUT2D eigenvalue weighted by molar-refractivity contribution is 5.66. The third-order valence-corrected chi connectivity index (χ3v) is 7.11. The van der Waals surface area contributed by atoms with Gasteiger partial charge in [0.15, 0.2) is 0 Å². The number of phenolic OH excluding ortho intramolecular Hbond substituents is 2. The zero-order valence-electron chi connectivity index (χ0n) is 25.5. The van der Waals surface area contributed by atoms with Crippen LogP contribution in [0, 0.1) is 0 Å². The Hall–Kier alpha value is -2.16. The zero-order chi connectivity index (χ0) is 27.9. The van der Waals surface area contributed by atoms with Crippen molar-refractivity contribution in [3.8, 4) is 11.5 Å². The van der Waals surface area contributed by atoms with Crippen LogP contribution in [0.3, 0.4) is 0 Å². The van der Waals surface area contributed by atoms with E-state index in [0.29, 0.717) is 18.0 Å². The molecule has 0 atom stereocenters. The highest BCUT2D eigenvalue weighted by Crippen LogP contribution is 2.44. The van der Waals surface area contributed by atoms with E-state index < -0.39 is 0 Å². The molecule has 0 saturated carbocycles. The summed E-state index contributed by atoms with van der Waals surface area (Å²) in [4.78, 5) is 2.28. The molecule has 0 radical (unpaired) electrons. The van der Waals surface area contributed by atoms with Crippen molar-refractivity contribution in [1.82, 2.24) is 0 Å². The summed E-state index contributed by atoms with van der Waals surface area (Å²) in [5.41, 5.74) is 5.70.